The van der Waals surface area contributed by atoms with Crippen LogP contribution in [0.15, 0.2) is 0 Å². The highest BCUT2D eigenvalue weighted by Crippen LogP contribution is 2.43. The van der Waals surface area contributed by atoms with E-state index < -0.39 is 51.1 Å². The van der Waals surface area contributed by atoms with Gasteiger partial charge in [-0.25, -0.2) is 4.57 Å². The fourth-order valence-electron chi connectivity index (χ4n) is 5.12. The van der Waals surface area contributed by atoms with Crippen LogP contribution in [0, 0.1) is 0 Å². The van der Waals surface area contributed by atoms with Crippen molar-refractivity contribution in [3.05, 3.63) is 0 Å². The number of ether oxygens (including phenoxy) is 2. The van der Waals surface area contributed by atoms with E-state index >= 15 is 0 Å². The molecule has 0 amide bonds. The first-order chi connectivity index (χ1) is 22.6. The Labute approximate surface area is 285 Å². The van der Waals surface area contributed by atoms with Gasteiger partial charge in [0.2, 0.25) is 0 Å². The van der Waals surface area contributed by atoms with E-state index in [1.807, 2.05) is 0 Å². The van der Waals surface area contributed by atoms with E-state index in [1.165, 1.54) is 96.3 Å². The lowest BCUT2D eigenvalue weighted by atomic mass is 10.0. The molecule has 0 saturated carbocycles. The standard InChI is InChI=1S/C35H68NO10P/c1-3-5-7-9-11-12-13-14-15-16-17-18-19-21-23-25-27-34(38)46-31(29-44-47(41,42)45-30-32(36)35(39)40)28-43-33(37)26-24-22-20-10-8-6-4-2/h31-32H,3-30,36H2,1-2H3,(H,39,40)(H,41,42)/t31-,32-/m0/s1. The van der Waals surface area contributed by atoms with Crippen molar-refractivity contribution in [2.45, 2.75) is 187 Å². The third kappa shape index (κ3) is 31.5. The van der Waals surface area contributed by atoms with Gasteiger partial charge in [-0.15, -0.1) is 0 Å². The van der Waals surface area contributed by atoms with Gasteiger partial charge in [0.05, 0.1) is 13.2 Å². The number of nitrogens with two attached hydrogens (primary N) is 1. The van der Waals surface area contributed by atoms with Gasteiger partial charge >= 0.3 is 25.7 Å². The minimum atomic E-state index is -4.69. The number of hydrogen-bond donors (Lipinski definition) is 3. The zero-order chi connectivity index (χ0) is 35.0. The topological polar surface area (TPSA) is 172 Å². The molecule has 0 heterocycles. The second-order valence-corrected chi connectivity index (χ2v) is 14.2. The van der Waals surface area contributed by atoms with Crippen molar-refractivity contribution in [3.8, 4) is 0 Å². The van der Waals surface area contributed by atoms with Gasteiger partial charge in [-0.1, -0.05) is 149 Å². The number of rotatable bonds is 35. The lowest BCUT2D eigenvalue weighted by molar-refractivity contribution is -0.161. The molecule has 0 aliphatic heterocycles. The molecular weight excluding hydrogens is 625 g/mol. The van der Waals surface area contributed by atoms with E-state index in [1.54, 1.807) is 0 Å². The van der Waals surface area contributed by atoms with Crippen molar-refractivity contribution >= 4 is 25.7 Å². The molecule has 278 valence electrons. The van der Waals surface area contributed by atoms with Gasteiger partial charge in [0.1, 0.15) is 12.6 Å². The molecule has 0 radical (unpaired) electrons. The van der Waals surface area contributed by atoms with E-state index in [2.05, 4.69) is 18.4 Å². The molecule has 0 rings (SSSR count). The van der Waals surface area contributed by atoms with Crippen LogP contribution in [0.3, 0.4) is 0 Å². The van der Waals surface area contributed by atoms with Crippen LogP contribution in [0.25, 0.3) is 0 Å². The third-order valence-corrected chi connectivity index (χ3v) is 9.06. The number of phosphoric ester groups is 1. The Bertz CT molecular complexity index is 828. The van der Waals surface area contributed by atoms with Crippen molar-refractivity contribution < 1.29 is 47.5 Å². The Kier molecular flexibility index (Phi) is 30.7. The van der Waals surface area contributed by atoms with Crippen LogP contribution < -0.4 is 5.73 Å². The second-order valence-electron chi connectivity index (χ2n) is 12.7. The highest BCUT2D eigenvalue weighted by Gasteiger charge is 2.28. The maximum atomic E-state index is 12.5. The number of phosphoric acid groups is 1. The van der Waals surface area contributed by atoms with E-state index in [-0.39, 0.29) is 19.4 Å². The van der Waals surface area contributed by atoms with Crippen molar-refractivity contribution in [2.24, 2.45) is 5.73 Å². The largest absolute Gasteiger partial charge is 0.480 e. The number of unbranched alkanes of at least 4 members (excludes halogenated alkanes) is 21. The monoisotopic (exact) mass is 693 g/mol. The molecule has 0 fully saturated rings. The Morgan fingerprint density at radius 1 is 0.574 bits per heavy atom. The smallest absolute Gasteiger partial charge is 0.472 e. The number of carbonyl (C=O) groups excluding carboxylic acids is 2. The average Bonchev–Trinajstić information content (AvgIpc) is 3.04. The van der Waals surface area contributed by atoms with Gasteiger partial charge in [0.15, 0.2) is 6.10 Å². The Balaban J connectivity index is 4.34. The molecule has 1 unspecified atom stereocenters. The molecule has 3 atom stereocenters. The Hall–Kier alpha value is -1.52. The lowest BCUT2D eigenvalue weighted by Crippen LogP contribution is -2.34. The minimum absolute atomic E-state index is 0.168. The van der Waals surface area contributed by atoms with E-state index in [0.29, 0.717) is 12.8 Å². The molecule has 0 aromatic carbocycles. The molecule has 0 bridgehead atoms. The van der Waals surface area contributed by atoms with Crippen molar-refractivity contribution in [2.75, 3.05) is 19.8 Å². The third-order valence-electron chi connectivity index (χ3n) is 8.11. The Morgan fingerprint density at radius 2 is 0.936 bits per heavy atom. The normalized spacial score (nSPS) is 14.0. The van der Waals surface area contributed by atoms with Crippen molar-refractivity contribution in [1.82, 2.24) is 0 Å². The summed E-state index contributed by atoms with van der Waals surface area (Å²) >= 11 is 0. The SMILES string of the molecule is CCCCCCCCCCCCCCCCCCC(=O)O[C@@H](COC(=O)CCCCCCCCC)COP(=O)(O)OC[C@H](N)C(=O)O. The lowest BCUT2D eigenvalue weighted by Gasteiger charge is -2.20. The fraction of sp³-hybridized carbons (Fsp3) is 0.914. The van der Waals surface area contributed by atoms with Crippen LogP contribution in [0.5, 0.6) is 0 Å². The van der Waals surface area contributed by atoms with Crippen LogP contribution in [0.1, 0.15) is 174 Å². The van der Waals surface area contributed by atoms with Gasteiger partial charge in [-0.3, -0.25) is 23.4 Å². The summed E-state index contributed by atoms with van der Waals surface area (Å²) < 4.78 is 32.4. The molecule has 0 aliphatic rings. The van der Waals surface area contributed by atoms with Crippen LogP contribution in [-0.2, 0) is 37.5 Å². The molecule has 0 saturated heterocycles. The maximum absolute atomic E-state index is 12.5. The predicted octanol–water partition coefficient (Wildman–Crippen LogP) is 8.78. The summed E-state index contributed by atoms with van der Waals surface area (Å²) in [4.78, 5) is 45.5. The highest BCUT2D eigenvalue weighted by molar-refractivity contribution is 7.47. The van der Waals surface area contributed by atoms with E-state index in [9.17, 15) is 23.8 Å². The molecule has 11 nitrogen and oxygen atoms in total. The molecule has 12 heteroatoms. The Morgan fingerprint density at radius 3 is 1.34 bits per heavy atom. The van der Waals surface area contributed by atoms with Gasteiger partial charge in [0.25, 0.3) is 0 Å². The van der Waals surface area contributed by atoms with Crippen molar-refractivity contribution in [3.63, 3.8) is 0 Å². The van der Waals surface area contributed by atoms with Gasteiger partial charge in [-0.05, 0) is 12.8 Å². The molecule has 4 N–H and O–H groups in total. The number of esters is 2. The summed E-state index contributed by atoms with van der Waals surface area (Å²) in [7, 11) is -4.69. The molecular formula is C35H68NO10P. The summed E-state index contributed by atoms with van der Waals surface area (Å²) in [5, 5.41) is 8.83. The summed E-state index contributed by atoms with van der Waals surface area (Å²) in [5.41, 5.74) is 5.30. The van der Waals surface area contributed by atoms with Crippen LogP contribution >= 0.6 is 7.82 Å². The average molecular weight is 694 g/mol. The fourth-order valence-corrected chi connectivity index (χ4v) is 5.90. The minimum Gasteiger partial charge on any atom is -0.480 e. The second kappa shape index (κ2) is 31.7. The molecule has 0 spiro atoms. The quantitative estimate of drug-likeness (QED) is 0.0329. The summed E-state index contributed by atoms with van der Waals surface area (Å²) in [6.07, 6.45) is 26.3. The summed E-state index contributed by atoms with van der Waals surface area (Å²) in [6.45, 7) is 2.74. The zero-order valence-corrected chi connectivity index (χ0v) is 30.5. The van der Waals surface area contributed by atoms with E-state index in [4.69, 9.17) is 24.8 Å². The zero-order valence-electron chi connectivity index (χ0n) is 29.6. The van der Waals surface area contributed by atoms with Gasteiger partial charge in [-0.2, -0.15) is 0 Å². The number of carbonyl (C=O) groups is 3. The molecule has 0 aliphatic carbocycles. The number of hydrogen-bond acceptors (Lipinski definition) is 9. The van der Waals surface area contributed by atoms with Crippen LogP contribution in [-0.4, -0.2) is 59.9 Å². The van der Waals surface area contributed by atoms with Crippen LogP contribution in [0.4, 0.5) is 0 Å². The molecule has 0 aromatic heterocycles. The number of aliphatic carboxylic acids is 1. The van der Waals surface area contributed by atoms with Gasteiger partial charge < -0.3 is 25.2 Å². The summed E-state index contributed by atoms with van der Waals surface area (Å²) in [6, 6.07) is -1.51. The maximum Gasteiger partial charge on any atom is 0.472 e. The van der Waals surface area contributed by atoms with Crippen molar-refractivity contribution in [1.29, 1.82) is 0 Å². The first kappa shape index (κ1) is 45.5. The number of carboxylic acid groups (broad SMARTS) is 1. The van der Waals surface area contributed by atoms with E-state index in [0.717, 1.165) is 38.5 Å². The predicted molar refractivity (Wildman–Crippen MR) is 185 cm³/mol. The van der Waals surface area contributed by atoms with Crippen LogP contribution in [0.2, 0.25) is 0 Å². The number of carboxylic acids is 1. The first-order valence-corrected chi connectivity index (χ1v) is 20.1. The summed E-state index contributed by atoms with van der Waals surface area (Å²) in [5.74, 6) is -2.37. The molecule has 0 aromatic rings. The highest BCUT2D eigenvalue weighted by atomic mass is 31.2. The molecule has 47 heavy (non-hydrogen) atoms. The first-order valence-electron chi connectivity index (χ1n) is 18.6. The van der Waals surface area contributed by atoms with Gasteiger partial charge in [0, 0.05) is 12.8 Å².